The van der Waals surface area contributed by atoms with Crippen molar-refractivity contribution in [3.63, 3.8) is 0 Å². The number of aryl methyl sites for hydroxylation is 1. The molecule has 0 spiro atoms. The van der Waals surface area contributed by atoms with E-state index in [0.717, 1.165) is 17.1 Å². The van der Waals surface area contributed by atoms with E-state index in [9.17, 15) is 4.79 Å². The van der Waals surface area contributed by atoms with Gasteiger partial charge in [0.25, 0.3) is 5.91 Å². The van der Waals surface area contributed by atoms with Crippen molar-refractivity contribution in [3.8, 4) is 5.75 Å². The molecule has 1 aromatic carbocycles. The quantitative estimate of drug-likeness (QED) is 0.750. The Morgan fingerprint density at radius 1 is 1.24 bits per heavy atom. The van der Waals surface area contributed by atoms with Crippen molar-refractivity contribution in [3.05, 3.63) is 72.6 Å². The predicted molar refractivity (Wildman–Crippen MR) is 95.6 cm³/mol. The average molecular weight is 336 g/mol. The normalized spacial score (nSPS) is 11.8. The Balaban J connectivity index is 1.57. The van der Waals surface area contributed by atoms with E-state index >= 15 is 0 Å². The zero-order valence-electron chi connectivity index (χ0n) is 14.2. The maximum absolute atomic E-state index is 12.0. The van der Waals surface area contributed by atoms with Crippen molar-refractivity contribution >= 4 is 11.6 Å². The third-order valence-corrected chi connectivity index (χ3v) is 3.96. The Morgan fingerprint density at radius 2 is 2.04 bits per heavy atom. The van der Waals surface area contributed by atoms with Crippen molar-refractivity contribution < 1.29 is 9.53 Å². The molecule has 6 heteroatoms. The van der Waals surface area contributed by atoms with Gasteiger partial charge in [0.15, 0.2) is 6.61 Å². The Kier molecular flexibility index (Phi) is 5.09. The van der Waals surface area contributed by atoms with Gasteiger partial charge in [-0.05, 0) is 43.7 Å². The lowest BCUT2D eigenvalue weighted by atomic mass is 10.1. The molecule has 0 unspecified atom stereocenters. The molecule has 2 heterocycles. The lowest BCUT2D eigenvalue weighted by Crippen LogP contribution is -2.20. The van der Waals surface area contributed by atoms with Crippen molar-refractivity contribution in [2.45, 2.75) is 19.9 Å². The third-order valence-electron chi connectivity index (χ3n) is 3.96. The summed E-state index contributed by atoms with van der Waals surface area (Å²) in [4.78, 5) is 20.2. The molecule has 2 aromatic heterocycles. The van der Waals surface area contributed by atoms with Crippen LogP contribution < -0.4 is 10.1 Å². The number of aromatic nitrogens is 3. The summed E-state index contributed by atoms with van der Waals surface area (Å²) >= 11 is 0. The van der Waals surface area contributed by atoms with Crippen LogP contribution in [0.4, 0.5) is 5.69 Å². The Bertz CT molecular complexity index is 828. The van der Waals surface area contributed by atoms with E-state index in [2.05, 4.69) is 26.8 Å². The molecule has 0 saturated heterocycles. The molecule has 0 aliphatic heterocycles. The summed E-state index contributed by atoms with van der Waals surface area (Å²) in [6, 6.07) is 11.5. The smallest absolute Gasteiger partial charge is 0.262 e. The number of hydrogen-bond donors (Lipinski definition) is 1. The van der Waals surface area contributed by atoms with Gasteiger partial charge in [0, 0.05) is 24.3 Å². The highest BCUT2D eigenvalue weighted by Crippen LogP contribution is 2.21. The van der Waals surface area contributed by atoms with Gasteiger partial charge in [-0.3, -0.25) is 9.78 Å². The number of rotatable bonds is 6. The van der Waals surface area contributed by atoms with Gasteiger partial charge in [-0.1, -0.05) is 12.1 Å². The Hall–Kier alpha value is -3.15. The fourth-order valence-corrected chi connectivity index (χ4v) is 2.58. The number of hydrogen-bond acceptors (Lipinski definition) is 4. The molecule has 1 atom stereocenters. The molecule has 0 radical (unpaired) electrons. The van der Waals surface area contributed by atoms with Gasteiger partial charge in [0.2, 0.25) is 0 Å². The Morgan fingerprint density at radius 3 is 2.68 bits per heavy atom. The highest BCUT2D eigenvalue weighted by atomic mass is 16.5. The molecule has 0 bridgehead atoms. The van der Waals surface area contributed by atoms with Crippen LogP contribution in [0, 0.1) is 6.92 Å². The molecule has 1 N–H and O–H groups in total. The molecule has 0 aliphatic rings. The van der Waals surface area contributed by atoms with E-state index in [4.69, 9.17) is 4.74 Å². The highest BCUT2D eigenvalue weighted by molar-refractivity contribution is 5.91. The number of imidazole rings is 1. The second-order valence-corrected chi connectivity index (χ2v) is 5.71. The second kappa shape index (κ2) is 7.61. The summed E-state index contributed by atoms with van der Waals surface area (Å²) in [7, 11) is 0. The fraction of sp³-hybridized carbons (Fsp3) is 0.211. The van der Waals surface area contributed by atoms with Crippen molar-refractivity contribution in [1.29, 1.82) is 0 Å². The first kappa shape index (κ1) is 16.7. The highest BCUT2D eigenvalue weighted by Gasteiger charge is 2.10. The topological polar surface area (TPSA) is 69.0 Å². The van der Waals surface area contributed by atoms with Gasteiger partial charge in [-0.2, -0.15) is 0 Å². The van der Waals surface area contributed by atoms with E-state index in [0.29, 0.717) is 5.75 Å². The SMILES string of the molecule is Cc1nccn1[C@H](C)c1ccc(NC(=O)COc2cccnc2)cc1. The van der Waals surface area contributed by atoms with Crippen LogP contribution >= 0.6 is 0 Å². The molecule has 3 aromatic rings. The fourth-order valence-electron chi connectivity index (χ4n) is 2.58. The second-order valence-electron chi connectivity index (χ2n) is 5.71. The van der Waals surface area contributed by atoms with E-state index in [1.165, 1.54) is 0 Å². The van der Waals surface area contributed by atoms with Gasteiger partial charge in [0.05, 0.1) is 12.2 Å². The number of carbonyl (C=O) groups is 1. The van der Waals surface area contributed by atoms with Crippen molar-refractivity contribution in [2.75, 3.05) is 11.9 Å². The van der Waals surface area contributed by atoms with E-state index in [1.54, 1.807) is 30.7 Å². The number of pyridine rings is 1. The maximum atomic E-state index is 12.0. The van der Waals surface area contributed by atoms with Crippen LogP contribution in [-0.4, -0.2) is 27.0 Å². The number of nitrogens with zero attached hydrogens (tertiary/aromatic N) is 3. The number of benzene rings is 1. The van der Waals surface area contributed by atoms with Crippen LogP contribution in [0.25, 0.3) is 0 Å². The summed E-state index contributed by atoms with van der Waals surface area (Å²) in [5.74, 6) is 1.32. The number of amides is 1. The summed E-state index contributed by atoms with van der Waals surface area (Å²) in [5.41, 5.74) is 1.88. The van der Waals surface area contributed by atoms with Crippen LogP contribution in [0.3, 0.4) is 0 Å². The molecule has 3 rings (SSSR count). The average Bonchev–Trinajstić information content (AvgIpc) is 3.07. The van der Waals surface area contributed by atoms with E-state index in [-0.39, 0.29) is 18.6 Å². The molecular weight excluding hydrogens is 316 g/mol. The van der Waals surface area contributed by atoms with Crippen molar-refractivity contribution in [1.82, 2.24) is 14.5 Å². The lowest BCUT2D eigenvalue weighted by Gasteiger charge is -2.16. The number of anilines is 1. The summed E-state index contributed by atoms with van der Waals surface area (Å²) in [6.45, 7) is 4.04. The number of nitrogens with one attached hydrogen (secondary N) is 1. The first-order chi connectivity index (χ1) is 12.1. The van der Waals surface area contributed by atoms with Gasteiger partial charge in [0.1, 0.15) is 11.6 Å². The van der Waals surface area contributed by atoms with Gasteiger partial charge in [-0.15, -0.1) is 0 Å². The van der Waals surface area contributed by atoms with E-state index in [1.807, 2.05) is 37.4 Å². The van der Waals surface area contributed by atoms with Gasteiger partial charge in [-0.25, -0.2) is 4.98 Å². The minimum Gasteiger partial charge on any atom is -0.482 e. The predicted octanol–water partition coefficient (Wildman–Crippen LogP) is 3.21. The van der Waals surface area contributed by atoms with Crippen LogP contribution in [0.1, 0.15) is 24.4 Å². The number of ether oxygens (including phenoxy) is 1. The largest absolute Gasteiger partial charge is 0.482 e. The third kappa shape index (κ3) is 4.23. The maximum Gasteiger partial charge on any atom is 0.262 e. The Labute approximate surface area is 146 Å². The molecule has 1 amide bonds. The monoisotopic (exact) mass is 336 g/mol. The molecule has 0 aliphatic carbocycles. The standard InChI is InChI=1S/C19H20N4O2/c1-14(23-11-10-21-15(23)2)16-5-7-17(8-6-16)22-19(24)13-25-18-4-3-9-20-12-18/h3-12,14H,13H2,1-2H3,(H,22,24)/t14-/m1/s1. The molecular formula is C19H20N4O2. The zero-order chi connectivity index (χ0) is 17.6. The van der Waals surface area contributed by atoms with E-state index < -0.39 is 0 Å². The molecule has 6 nitrogen and oxygen atoms in total. The first-order valence-electron chi connectivity index (χ1n) is 8.05. The van der Waals surface area contributed by atoms with Gasteiger partial charge >= 0.3 is 0 Å². The minimum atomic E-state index is -0.213. The van der Waals surface area contributed by atoms with Crippen LogP contribution in [0.2, 0.25) is 0 Å². The number of carbonyl (C=O) groups excluding carboxylic acids is 1. The molecule has 0 fully saturated rings. The molecule has 25 heavy (non-hydrogen) atoms. The minimum absolute atomic E-state index is 0.0575. The first-order valence-corrected chi connectivity index (χ1v) is 8.05. The summed E-state index contributed by atoms with van der Waals surface area (Å²) in [5, 5.41) is 2.82. The summed E-state index contributed by atoms with van der Waals surface area (Å²) in [6.07, 6.45) is 6.98. The van der Waals surface area contributed by atoms with Gasteiger partial charge < -0.3 is 14.6 Å². The lowest BCUT2D eigenvalue weighted by molar-refractivity contribution is -0.118. The van der Waals surface area contributed by atoms with Crippen molar-refractivity contribution in [2.24, 2.45) is 0 Å². The zero-order valence-corrected chi connectivity index (χ0v) is 14.2. The van der Waals surface area contributed by atoms with Crippen LogP contribution in [0.5, 0.6) is 5.75 Å². The van der Waals surface area contributed by atoms with Crippen LogP contribution in [0.15, 0.2) is 61.2 Å². The van der Waals surface area contributed by atoms with Crippen LogP contribution in [-0.2, 0) is 4.79 Å². The molecule has 0 saturated carbocycles. The molecule has 128 valence electrons. The summed E-state index contributed by atoms with van der Waals surface area (Å²) < 4.78 is 7.49.